The molecule has 0 aliphatic rings. The molecule has 0 fully saturated rings. The highest BCUT2D eigenvalue weighted by Crippen LogP contribution is 2.39. The van der Waals surface area contributed by atoms with Crippen LogP contribution in [-0.2, 0) is 19.8 Å². The minimum Gasteiger partial charge on any atom is -0.479 e. The lowest BCUT2D eigenvalue weighted by Crippen LogP contribution is -2.08. The van der Waals surface area contributed by atoms with Gasteiger partial charge in [0.15, 0.2) is 29.0 Å². The zero-order chi connectivity index (χ0) is 20.6. The van der Waals surface area contributed by atoms with E-state index in [9.17, 15) is 26.3 Å². The van der Waals surface area contributed by atoms with E-state index in [4.69, 9.17) is 16.3 Å². The number of nitrogens with zero attached hydrogens (tertiary/aromatic N) is 3. The van der Waals surface area contributed by atoms with Crippen molar-refractivity contribution in [1.29, 1.82) is 0 Å². The molecule has 0 bridgehead atoms. The van der Waals surface area contributed by atoms with E-state index in [0.29, 0.717) is 12.1 Å². The predicted octanol–water partition coefficient (Wildman–Crippen LogP) is 5.15. The molecule has 0 amide bonds. The van der Waals surface area contributed by atoms with Crippen LogP contribution in [0.1, 0.15) is 11.4 Å². The highest BCUT2D eigenvalue weighted by Gasteiger charge is 2.34. The molecule has 0 unspecified atom stereocenters. The lowest BCUT2D eigenvalue weighted by atomic mass is 10.1. The van der Waals surface area contributed by atoms with E-state index in [1.807, 2.05) is 0 Å². The van der Waals surface area contributed by atoms with Gasteiger partial charge in [0.2, 0.25) is 0 Å². The van der Waals surface area contributed by atoms with Crippen LogP contribution < -0.4 is 4.74 Å². The molecule has 0 N–H and O–H groups in total. The van der Waals surface area contributed by atoms with E-state index in [-0.39, 0.29) is 17.2 Å². The molecule has 0 spiro atoms. The smallest absolute Gasteiger partial charge is 0.417 e. The first-order valence-electron chi connectivity index (χ1n) is 7.61. The molecule has 0 saturated heterocycles. The molecule has 0 atom stereocenters. The Labute approximate surface area is 159 Å². The first-order chi connectivity index (χ1) is 13.1. The van der Waals surface area contributed by atoms with Crippen molar-refractivity contribution in [2.24, 2.45) is 7.05 Å². The van der Waals surface area contributed by atoms with Gasteiger partial charge in [-0.15, -0.1) is 10.2 Å². The summed E-state index contributed by atoms with van der Waals surface area (Å²) in [5.41, 5.74) is -1.07. The highest BCUT2D eigenvalue weighted by atomic mass is 35.5. The molecule has 4 nitrogen and oxygen atoms in total. The molecule has 148 valence electrons. The summed E-state index contributed by atoms with van der Waals surface area (Å²) in [7, 11) is 1.42. The Morgan fingerprint density at radius 1 is 1.07 bits per heavy atom. The predicted molar refractivity (Wildman–Crippen MR) is 87.1 cm³/mol. The molecule has 11 heteroatoms. The average Bonchev–Trinajstić information content (AvgIpc) is 2.94. The Balaban J connectivity index is 1.90. The summed E-state index contributed by atoms with van der Waals surface area (Å²) in [5.74, 6) is -4.38. The van der Waals surface area contributed by atoms with E-state index in [0.717, 1.165) is 12.1 Å². The van der Waals surface area contributed by atoms with Crippen LogP contribution in [0.3, 0.4) is 0 Å². The maximum atomic E-state index is 13.6. The van der Waals surface area contributed by atoms with Crippen LogP contribution in [0.15, 0.2) is 30.3 Å². The van der Waals surface area contributed by atoms with Crippen LogP contribution in [-0.4, -0.2) is 14.8 Å². The molecule has 0 aliphatic carbocycles. The van der Waals surface area contributed by atoms with E-state index in [1.54, 1.807) is 0 Å². The minimum atomic E-state index is -4.66. The van der Waals surface area contributed by atoms with Crippen molar-refractivity contribution in [3.8, 4) is 17.1 Å². The molecule has 1 heterocycles. The molecule has 0 saturated carbocycles. The van der Waals surface area contributed by atoms with Crippen molar-refractivity contribution >= 4 is 11.6 Å². The third kappa shape index (κ3) is 3.77. The van der Waals surface area contributed by atoms with Gasteiger partial charge in [0.05, 0.1) is 10.6 Å². The van der Waals surface area contributed by atoms with Crippen molar-refractivity contribution in [3.05, 3.63) is 64.2 Å². The summed E-state index contributed by atoms with van der Waals surface area (Å²) in [5, 5.41) is 6.96. The molecule has 1 aromatic heterocycles. The van der Waals surface area contributed by atoms with Gasteiger partial charge >= 0.3 is 6.18 Å². The van der Waals surface area contributed by atoms with Crippen LogP contribution in [0.2, 0.25) is 5.02 Å². The molecular formula is C17H10ClF6N3O. The fourth-order valence-electron chi connectivity index (χ4n) is 2.45. The van der Waals surface area contributed by atoms with Gasteiger partial charge in [-0.2, -0.15) is 13.2 Å². The first-order valence-corrected chi connectivity index (χ1v) is 7.99. The van der Waals surface area contributed by atoms with E-state index < -0.39 is 46.6 Å². The second-order valence-electron chi connectivity index (χ2n) is 5.65. The molecule has 2 aromatic carbocycles. The summed E-state index contributed by atoms with van der Waals surface area (Å²) >= 11 is 5.87. The SMILES string of the molecule is Cn1c(COc2c(F)cc(F)cc2F)nnc1-c1cccc(C(F)(F)F)c1Cl. The maximum Gasteiger partial charge on any atom is 0.417 e. The lowest BCUT2D eigenvalue weighted by Gasteiger charge is -2.12. The summed E-state index contributed by atoms with van der Waals surface area (Å²) < 4.78 is 85.5. The van der Waals surface area contributed by atoms with Crippen LogP contribution >= 0.6 is 11.6 Å². The van der Waals surface area contributed by atoms with Crippen LogP contribution in [0.25, 0.3) is 11.4 Å². The number of halogens is 7. The monoisotopic (exact) mass is 421 g/mol. The zero-order valence-corrected chi connectivity index (χ0v) is 14.7. The second kappa shape index (κ2) is 7.34. The minimum absolute atomic E-state index is 0.00486. The molecule has 3 aromatic rings. The van der Waals surface area contributed by atoms with Crippen molar-refractivity contribution in [2.45, 2.75) is 12.8 Å². The number of hydrogen-bond acceptors (Lipinski definition) is 3. The molecule has 3 rings (SSSR count). The van der Waals surface area contributed by atoms with E-state index >= 15 is 0 Å². The fourth-order valence-corrected chi connectivity index (χ4v) is 2.77. The van der Waals surface area contributed by atoms with E-state index in [2.05, 4.69) is 10.2 Å². The van der Waals surface area contributed by atoms with Gasteiger partial charge in [-0.1, -0.05) is 17.7 Å². The third-order valence-electron chi connectivity index (χ3n) is 3.82. The van der Waals surface area contributed by atoms with Gasteiger partial charge in [0, 0.05) is 24.7 Å². The van der Waals surface area contributed by atoms with Crippen LogP contribution in [0.4, 0.5) is 26.3 Å². The van der Waals surface area contributed by atoms with Gasteiger partial charge in [0.25, 0.3) is 0 Å². The lowest BCUT2D eigenvalue weighted by molar-refractivity contribution is -0.137. The quantitative estimate of drug-likeness (QED) is 0.547. The second-order valence-corrected chi connectivity index (χ2v) is 6.03. The van der Waals surface area contributed by atoms with Crippen LogP contribution in [0.5, 0.6) is 5.75 Å². The summed E-state index contributed by atoms with van der Waals surface area (Å²) in [4.78, 5) is 0. The van der Waals surface area contributed by atoms with Gasteiger partial charge in [-0.3, -0.25) is 0 Å². The molecular weight excluding hydrogens is 412 g/mol. The van der Waals surface area contributed by atoms with E-state index in [1.165, 1.54) is 17.7 Å². The number of ether oxygens (including phenoxy) is 1. The first kappa shape index (κ1) is 20.0. The number of rotatable bonds is 4. The third-order valence-corrected chi connectivity index (χ3v) is 4.23. The summed E-state index contributed by atoms with van der Waals surface area (Å²) in [6.45, 7) is -0.473. The number of benzene rings is 2. The Kier molecular flexibility index (Phi) is 5.24. The Hall–Kier alpha value is -2.75. The van der Waals surface area contributed by atoms with Gasteiger partial charge < -0.3 is 9.30 Å². The van der Waals surface area contributed by atoms with Gasteiger partial charge in [-0.25, -0.2) is 13.2 Å². The van der Waals surface area contributed by atoms with Crippen molar-refractivity contribution < 1.29 is 31.1 Å². The standard InChI is InChI=1S/C17H10ClF6N3O/c1-27-13(7-28-15-11(20)5-8(19)6-12(15)21)25-26-16(27)9-3-2-4-10(14(9)18)17(22,23)24/h2-6H,7H2,1H3. The van der Waals surface area contributed by atoms with Crippen molar-refractivity contribution in [1.82, 2.24) is 14.8 Å². The molecule has 0 aliphatic heterocycles. The number of aromatic nitrogens is 3. The van der Waals surface area contributed by atoms with Gasteiger partial charge in [-0.05, 0) is 12.1 Å². The van der Waals surface area contributed by atoms with Gasteiger partial charge in [0.1, 0.15) is 12.4 Å². The Morgan fingerprint density at radius 3 is 2.32 bits per heavy atom. The van der Waals surface area contributed by atoms with Crippen LogP contribution in [0, 0.1) is 17.5 Å². The van der Waals surface area contributed by atoms with Crippen molar-refractivity contribution in [2.75, 3.05) is 0 Å². The molecule has 0 radical (unpaired) electrons. The molecule has 28 heavy (non-hydrogen) atoms. The Bertz CT molecular complexity index is 1010. The maximum absolute atomic E-state index is 13.6. The Morgan fingerprint density at radius 2 is 1.71 bits per heavy atom. The average molecular weight is 422 g/mol. The number of hydrogen-bond donors (Lipinski definition) is 0. The topological polar surface area (TPSA) is 39.9 Å². The summed E-state index contributed by atoms with van der Waals surface area (Å²) in [6, 6.07) is 4.21. The largest absolute Gasteiger partial charge is 0.479 e. The summed E-state index contributed by atoms with van der Waals surface area (Å²) in [6.07, 6.45) is -4.66. The zero-order valence-electron chi connectivity index (χ0n) is 14.0. The fraction of sp³-hybridized carbons (Fsp3) is 0.176. The number of alkyl halides is 3. The normalized spacial score (nSPS) is 11.7. The highest BCUT2D eigenvalue weighted by molar-refractivity contribution is 6.34. The van der Waals surface area contributed by atoms with Crippen molar-refractivity contribution in [3.63, 3.8) is 0 Å².